The summed E-state index contributed by atoms with van der Waals surface area (Å²) < 4.78 is 15.7. The van der Waals surface area contributed by atoms with Crippen LogP contribution in [0.3, 0.4) is 0 Å². The van der Waals surface area contributed by atoms with Gasteiger partial charge in [-0.15, -0.1) is 11.3 Å². The first-order valence-electron chi connectivity index (χ1n) is 7.76. The van der Waals surface area contributed by atoms with E-state index in [-0.39, 0.29) is 6.61 Å². The van der Waals surface area contributed by atoms with Gasteiger partial charge in [-0.3, -0.25) is 4.98 Å². The number of hydrogen-bond donors (Lipinski definition) is 0. The molecule has 0 radical (unpaired) electrons. The van der Waals surface area contributed by atoms with Crippen molar-refractivity contribution in [1.82, 2.24) is 15.1 Å². The van der Waals surface area contributed by atoms with Crippen LogP contribution in [0.2, 0.25) is 0 Å². The average molecular weight is 367 g/mol. The minimum absolute atomic E-state index is 0.000692. The van der Waals surface area contributed by atoms with Gasteiger partial charge >= 0.3 is 5.97 Å². The molecule has 0 amide bonds. The summed E-state index contributed by atoms with van der Waals surface area (Å²) in [6, 6.07) is 10.7. The highest BCUT2D eigenvalue weighted by molar-refractivity contribution is 7.17. The topological polar surface area (TPSA) is 91.2 Å². The summed E-state index contributed by atoms with van der Waals surface area (Å²) in [7, 11) is 0. The second kappa shape index (κ2) is 6.93. The normalized spacial score (nSPS) is 10.8. The molecular weight excluding hydrogens is 354 g/mol. The number of pyridine rings is 1. The number of nitrogens with zero attached hydrogens (tertiary/aromatic N) is 3. The highest BCUT2D eigenvalue weighted by Gasteiger charge is 2.19. The van der Waals surface area contributed by atoms with Gasteiger partial charge in [0.25, 0.3) is 0 Å². The van der Waals surface area contributed by atoms with E-state index in [2.05, 4.69) is 15.1 Å². The van der Waals surface area contributed by atoms with Gasteiger partial charge in [-0.05, 0) is 31.2 Å². The van der Waals surface area contributed by atoms with Crippen molar-refractivity contribution in [3.8, 4) is 22.2 Å². The van der Waals surface area contributed by atoms with Gasteiger partial charge in [-0.25, -0.2) is 9.78 Å². The molecule has 0 saturated heterocycles. The van der Waals surface area contributed by atoms with Crippen LogP contribution < -0.4 is 0 Å². The molecule has 0 atom stereocenters. The molecule has 26 heavy (non-hydrogen) atoms. The largest absolute Gasteiger partial charge is 0.461 e. The van der Waals surface area contributed by atoms with E-state index in [0.717, 1.165) is 5.69 Å². The summed E-state index contributed by atoms with van der Waals surface area (Å²) in [4.78, 5) is 21.5. The zero-order chi connectivity index (χ0) is 17.9. The highest BCUT2D eigenvalue weighted by Crippen LogP contribution is 2.27. The molecule has 7 nitrogen and oxygen atoms in total. The fourth-order valence-electron chi connectivity index (χ4n) is 2.30. The van der Waals surface area contributed by atoms with Crippen molar-refractivity contribution < 1.29 is 18.5 Å². The van der Waals surface area contributed by atoms with Gasteiger partial charge < -0.3 is 13.7 Å². The predicted octanol–water partition coefficient (Wildman–Crippen LogP) is 4.12. The number of aromatic nitrogens is 3. The molecule has 0 aliphatic heterocycles. The molecule has 0 saturated carbocycles. The molecule has 0 aliphatic carbocycles. The Balaban J connectivity index is 1.45. The van der Waals surface area contributed by atoms with Crippen LogP contribution in [-0.2, 0) is 11.3 Å². The van der Waals surface area contributed by atoms with E-state index in [1.165, 1.54) is 11.3 Å². The number of esters is 1. The standard InChI is InChI=1S/C18H13N3O4S/c1-11-16(26-17(20-11)13-5-2-3-7-19-13)18(22)24-10-12-9-15(25-21-12)14-6-4-8-23-14/h2-9H,10H2,1H3. The molecule has 4 heterocycles. The number of rotatable bonds is 5. The molecule has 0 spiro atoms. The van der Waals surface area contributed by atoms with Crippen LogP contribution in [0.15, 0.2) is 57.8 Å². The van der Waals surface area contributed by atoms with Crippen molar-refractivity contribution in [2.24, 2.45) is 0 Å². The number of ether oxygens (including phenoxy) is 1. The minimum atomic E-state index is -0.454. The lowest BCUT2D eigenvalue weighted by Crippen LogP contribution is -2.05. The maximum atomic E-state index is 12.4. The van der Waals surface area contributed by atoms with Gasteiger partial charge in [0.15, 0.2) is 5.76 Å². The number of thiazole rings is 1. The van der Waals surface area contributed by atoms with Crippen molar-refractivity contribution in [1.29, 1.82) is 0 Å². The van der Waals surface area contributed by atoms with Crippen LogP contribution in [0.5, 0.6) is 0 Å². The summed E-state index contributed by atoms with van der Waals surface area (Å²) in [5, 5.41) is 4.56. The first-order chi connectivity index (χ1) is 12.7. The van der Waals surface area contributed by atoms with Crippen LogP contribution in [0.1, 0.15) is 21.1 Å². The quantitative estimate of drug-likeness (QED) is 0.490. The second-order valence-corrected chi connectivity index (χ2v) is 6.38. The first-order valence-corrected chi connectivity index (χ1v) is 8.58. The average Bonchev–Trinajstić information content (AvgIpc) is 3.40. The van der Waals surface area contributed by atoms with Gasteiger partial charge in [0.2, 0.25) is 5.76 Å². The molecule has 0 bridgehead atoms. The van der Waals surface area contributed by atoms with Crippen LogP contribution in [0.25, 0.3) is 22.2 Å². The van der Waals surface area contributed by atoms with Gasteiger partial charge in [0.05, 0.1) is 17.7 Å². The Morgan fingerprint density at radius 1 is 1.23 bits per heavy atom. The molecule has 0 fully saturated rings. The summed E-state index contributed by atoms with van der Waals surface area (Å²) in [5.41, 5.74) is 1.83. The zero-order valence-electron chi connectivity index (χ0n) is 13.7. The molecule has 4 aromatic heterocycles. The van der Waals surface area contributed by atoms with E-state index >= 15 is 0 Å². The van der Waals surface area contributed by atoms with E-state index in [0.29, 0.717) is 32.8 Å². The van der Waals surface area contributed by atoms with Crippen molar-refractivity contribution in [2.75, 3.05) is 0 Å². The Bertz CT molecular complexity index is 1020. The summed E-state index contributed by atoms with van der Waals surface area (Å²) in [5.74, 6) is 0.588. The van der Waals surface area contributed by atoms with Crippen LogP contribution in [-0.4, -0.2) is 21.1 Å². The predicted molar refractivity (Wildman–Crippen MR) is 93.4 cm³/mol. The third kappa shape index (κ3) is 3.27. The van der Waals surface area contributed by atoms with Crippen molar-refractivity contribution in [3.63, 3.8) is 0 Å². The fourth-order valence-corrected chi connectivity index (χ4v) is 3.24. The minimum Gasteiger partial charge on any atom is -0.461 e. The molecular formula is C18H13N3O4S. The number of carbonyl (C=O) groups excluding carboxylic acids is 1. The first kappa shape index (κ1) is 16.2. The van der Waals surface area contributed by atoms with E-state index < -0.39 is 5.97 Å². The Kier molecular flexibility index (Phi) is 4.32. The monoisotopic (exact) mass is 367 g/mol. The molecule has 0 aromatic carbocycles. The van der Waals surface area contributed by atoms with Gasteiger partial charge in [0.1, 0.15) is 22.2 Å². The van der Waals surface area contributed by atoms with Crippen molar-refractivity contribution in [3.05, 3.63) is 65.1 Å². The van der Waals surface area contributed by atoms with Crippen molar-refractivity contribution >= 4 is 17.3 Å². The van der Waals surface area contributed by atoms with Gasteiger partial charge in [-0.1, -0.05) is 11.2 Å². The van der Waals surface area contributed by atoms with Crippen LogP contribution >= 0.6 is 11.3 Å². The number of aryl methyl sites for hydroxylation is 1. The lowest BCUT2D eigenvalue weighted by atomic mass is 10.3. The maximum Gasteiger partial charge on any atom is 0.350 e. The molecule has 4 rings (SSSR count). The molecule has 0 N–H and O–H groups in total. The molecule has 0 aliphatic rings. The molecule has 4 aromatic rings. The lowest BCUT2D eigenvalue weighted by Gasteiger charge is -2.00. The van der Waals surface area contributed by atoms with E-state index in [1.807, 2.05) is 18.2 Å². The van der Waals surface area contributed by atoms with Crippen LogP contribution in [0, 0.1) is 6.92 Å². The number of furan rings is 1. The fraction of sp³-hybridized carbons (Fsp3) is 0.111. The Labute approximate surface area is 152 Å². The zero-order valence-corrected chi connectivity index (χ0v) is 14.5. The molecule has 8 heteroatoms. The van der Waals surface area contributed by atoms with Gasteiger partial charge in [-0.2, -0.15) is 0 Å². The Morgan fingerprint density at radius 2 is 2.15 bits per heavy atom. The lowest BCUT2D eigenvalue weighted by molar-refractivity contribution is 0.0469. The maximum absolute atomic E-state index is 12.4. The van der Waals surface area contributed by atoms with Crippen LogP contribution in [0.4, 0.5) is 0 Å². The second-order valence-electron chi connectivity index (χ2n) is 5.38. The van der Waals surface area contributed by atoms with E-state index in [9.17, 15) is 4.79 Å². The smallest absolute Gasteiger partial charge is 0.350 e. The molecule has 130 valence electrons. The summed E-state index contributed by atoms with van der Waals surface area (Å²) in [6.07, 6.45) is 3.23. The number of hydrogen-bond acceptors (Lipinski definition) is 8. The third-order valence-electron chi connectivity index (χ3n) is 3.54. The summed E-state index contributed by atoms with van der Waals surface area (Å²) in [6.45, 7) is 1.77. The van der Waals surface area contributed by atoms with Crippen molar-refractivity contribution in [2.45, 2.75) is 13.5 Å². The third-order valence-corrected chi connectivity index (χ3v) is 4.70. The Hall–Kier alpha value is -3.26. The molecule has 0 unspecified atom stereocenters. The Morgan fingerprint density at radius 3 is 2.92 bits per heavy atom. The highest BCUT2D eigenvalue weighted by atomic mass is 32.1. The SMILES string of the molecule is Cc1nc(-c2ccccn2)sc1C(=O)OCc1cc(-c2ccco2)on1. The summed E-state index contributed by atoms with van der Waals surface area (Å²) >= 11 is 1.25. The van der Waals surface area contributed by atoms with Gasteiger partial charge in [0, 0.05) is 12.3 Å². The van der Waals surface area contributed by atoms with E-state index in [1.54, 1.807) is 37.6 Å². The van der Waals surface area contributed by atoms with E-state index in [4.69, 9.17) is 13.7 Å². The number of carbonyl (C=O) groups is 1.